The summed E-state index contributed by atoms with van der Waals surface area (Å²) in [7, 11) is 0. The largest absolute Gasteiger partial charge is 0.493 e. The van der Waals surface area contributed by atoms with Crippen molar-refractivity contribution in [2.75, 3.05) is 13.2 Å². The van der Waals surface area contributed by atoms with Crippen LogP contribution in [0.5, 0.6) is 5.75 Å². The van der Waals surface area contributed by atoms with Crippen LogP contribution in [0.3, 0.4) is 0 Å². The summed E-state index contributed by atoms with van der Waals surface area (Å²) >= 11 is 0. The summed E-state index contributed by atoms with van der Waals surface area (Å²) in [5, 5.41) is 8.97. The summed E-state index contributed by atoms with van der Waals surface area (Å²) < 4.78 is 5.54. The third kappa shape index (κ3) is 3.38. The van der Waals surface area contributed by atoms with Gasteiger partial charge >= 0.3 is 0 Å². The minimum atomic E-state index is 0.197. The monoisotopic (exact) mass is 194 g/mol. The molecule has 1 atom stereocenters. The molecule has 2 heteroatoms. The van der Waals surface area contributed by atoms with Crippen molar-refractivity contribution in [2.24, 2.45) is 5.92 Å². The lowest BCUT2D eigenvalue weighted by Crippen LogP contribution is -2.14. The van der Waals surface area contributed by atoms with Gasteiger partial charge in [0.15, 0.2) is 0 Å². The van der Waals surface area contributed by atoms with Crippen molar-refractivity contribution in [1.82, 2.24) is 0 Å². The van der Waals surface area contributed by atoms with E-state index in [1.807, 2.05) is 31.2 Å². The quantitative estimate of drug-likeness (QED) is 0.780. The van der Waals surface area contributed by atoms with Crippen molar-refractivity contribution in [3.63, 3.8) is 0 Å². The standard InChI is InChI=1S/C12H18O2/c1-3-11(8-13)9-14-12-6-4-10(2)5-7-12/h4-7,11,13H,3,8-9H2,1-2H3. The van der Waals surface area contributed by atoms with Crippen LogP contribution < -0.4 is 4.74 Å². The van der Waals surface area contributed by atoms with Gasteiger partial charge in [-0.3, -0.25) is 0 Å². The Bertz CT molecular complexity index is 250. The summed E-state index contributed by atoms with van der Waals surface area (Å²) in [6.45, 7) is 4.89. The smallest absolute Gasteiger partial charge is 0.119 e. The Labute approximate surface area is 85.5 Å². The Kier molecular flexibility index (Phi) is 4.47. The minimum Gasteiger partial charge on any atom is -0.493 e. The van der Waals surface area contributed by atoms with E-state index in [1.165, 1.54) is 5.56 Å². The maximum absolute atomic E-state index is 8.97. The molecule has 2 nitrogen and oxygen atoms in total. The number of hydrogen-bond acceptors (Lipinski definition) is 2. The molecule has 0 saturated heterocycles. The fourth-order valence-corrected chi connectivity index (χ4v) is 1.15. The van der Waals surface area contributed by atoms with Gasteiger partial charge in [0.1, 0.15) is 5.75 Å². The molecule has 1 aromatic rings. The number of aliphatic hydroxyl groups excluding tert-OH is 1. The lowest BCUT2D eigenvalue weighted by molar-refractivity contribution is 0.160. The maximum Gasteiger partial charge on any atom is 0.119 e. The van der Waals surface area contributed by atoms with Crippen molar-refractivity contribution < 1.29 is 9.84 Å². The number of rotatable bonds is 5. The van der Waals surface area contributed by atoms with Crippen LogP contribution in [0.25, 0.3) is 0 Å². The molecule has 1 unspecified atom stereocenters. The minimum absolute atomic E-state index is 0.197. The van der Waals surface area contributed by atoms with E-state index in [0.29, 0.717) is 6.61 Å². The second kappa shape index (κ2) is 5.66. The molecule has 0 radical (unpaired) electrons. The maximum atomic E-state index is 8.97. The summed E-state index contributed by atoms with van der Waals surface area (Å²) in [6.07, 6.45) is 0.947. The van der Waals surface area contributed by atoms with E-state index in [4.69, 9.17) is 9.84 Å². The van der Waals surface area contributed by atoms with E-state index in [-0.39, 0.29) is 12.5 Å². The van der Waals surface area contributed by atoms with Crippen LogP contribution in [0, 0.1) is 12.8 Å². The number of benzene rings is 1. The molecule has 1 aromatic carbocycles. The van der Waals surface area contributed by atoms with Gasteiger partial charge in [-0.25, -0.2) is 0 Å². The lowest BCUT2D eigenvalue weighted by Gasteiger charge is -2.12. The van der Waals surface area contributed by atoms with Gasteiger partial charge in [-0.1, -0.05) is 24.6 Å². The van der Waals surface area contributed by atoms with E-state index < -0.39 is 0 Å². The van der Waals surface area contributed by atoms with Gasteiger partial charge in [-0.2, -0.15) is 0 Å². The Morgan fingerprint density at radius 2 is 1.93 bits per heavy atom. The molecule has 0 aliphatic carbocycles. The average molecular weight is 194 g/mol. The van der Waals surface area contributed by atoms with Crippen molar-refractivity contribution in [3.8, 4) is 5.75 Å². The third-order valence-corrected chi connectivity index (χ3v) is 2.34. The van der Waals surface area contributed by atoms with Crippen LogP contribution in [0.4, 0.5) is 0 Å². The van der Waals surface area contributed by atoms with Crippen LogP contribution in [-0.2, 0) is 0 Å². The van der Waals surface area contributed by atoms with E-state index in [2.05, 4.69) is 6.92 Å². The molecule has 1 rings (SSSR count). The molecule has 78 valence electrons. The highest BCUT2D eigenvalue weighted by Gasteiger charge is 2.04. The summed E-state index contributed by atoms with van der Waals surface area (Å²) in [5.74, 6) is 1.12. The molecule has 0 aliphatic rings. The molecule has 0 bridgehead atoms. The molecule has 0 aliphatic heterocycles. The third-order valence-electron chi connectivity index (χ3n) is 2.34. The van der Waals surface area contributed by atoms with Crippen molar-refractivity contribution >= 4 is 0 Å². The average Bonchev–Trinajstić information content (AvgIpc) is 2.22. The normalized spacial score (nSPS) is 12.5. The lowest BCUT2D eigenvalue weighted by atomic mass is 10.1. The molecule has 14 heavy (non-hydrogen) atoms. The van der Waals surface area contributed by atoms with E-state index >= 15 is 0 Å². The van der Waals surface area contributed by atoms with Crippen LogP contribution in [0.2, 0.25) is 0 Å². The molecular weight excluding hydrogens is 176 g/mol. The van der Waals surface area contributed by atoms with Gasteiger partial charge in [0, 0.05) is 12.5 Å². The van der Waals surface area contributed by atoms with E-state index in [0.717, 1.165) is 12.2 Å². The summed E-state index contributed by atoms with van der Waals surface area (Å²) in [4.78, 5) is 0. The predicted octanol–water partition coefficient (Wildman–Crippen LogP) is 2.39. The highest BCUT2D eigenvalue weighted by atomic mass is 16.5. The molecule has 0 spiro atoms. The highest BCUT2D eigenvalue weighted by molar-refractivity contribution is 5.26. The molecule has 0 saturated carbocycles. The van der Waals surface area contributed by atoms with Crippen LogP contribution in [-0.4, -0.2) is 18.3 Å². The van der Waals surface area contributed by atoms with Crippen molar-refractivity contribution in [3.05, 3.63) is 29.8 Å². The van der Waals surface area contributed by atoms with Crippen LogP contribution in [0.15, 0.2) is 24.3 Å². The summed E-state index contributed by atoms with van der Waals surface area (Å²) in [6, 6.07) is 7.96. The fraction of sp³-hybridized carbons (Fsp3) is 0.500. The number of ether oxygens (including phenoxy) is 1. The zero-order valence-corrected chi connectivity index (χ0v) is 8.86. The van der Waals surface area contributed by atoms with E-state index in [9.17, 15) is 0 Å². The first kappa shape index (κ1) is 11.1. The van der Waals surface area contributed by atoms with Gasteiger partial charge in [-0.15, -0.1) is 0 Å². The Morgan fingerprint density at radius 1 is 1.29 bits per heavy atom. The molecule has 0 aromatic heterocycles. The molecule has 0 amide bonds. The zero-order valence-electron chi connectivity index (χ0n) is 8.86. The fourth-order valence-electron chi connectivity index (χ4n) is 1.15. The molecular formula is C12H18O2. The van der Waals surface area contributed by atoms with Crippen LogP contribution >= 0.6 is 0 Å². The SMILES string of the molecule is CCC(CO)COc1ccc(C)cc1. The topological polar surface area (TPSA) is 29.5 Å². The molecule has 0 heterocycles. The first-order valence-corrected chi connectivity index (χ1v) is 5.06. The predicted molar refractivity (Wildman–Crippen MR) is 57.5 cm³/mol. The van der Waals surface area contributed by atoms with Crippen molar-refractivity contribution in [1.29, 1.82) is 0 Å². The molecule has 1 N–H and O–H groups in total. The Hall–Kier alpha value is -1.02. The van der Waals surface area contributed by atoms with Gasteiger partial charge in [0.2, 0.25) is 0 Å². The molecule has 0 fully saturated rings. The number of aliphatic hydroxyl groups is 1. The second-order valence-corrected chi connectivity index (χ2v) is 3.58. The summed E-state index contributed by atoms with van der Waals surface area (Å²) in [5.41, 5.74) is 1.23. The first-order chi connectivity index (χ1) is 6.76. The van der Waals surface area contributed by atoms with Crippen LogP contribution in [0.1, 0.15) is 18.9 Å². The highest BCUT2D eigenvalue weighted by Crippen LogP contribution is 2.13. The number of aryl methyl sites for hydroxylation is 1. The van der Waals surface area contributed by atoms with Gasteiger partial charge in [0.05, 0.1) is 6.61 Å². The van der Waals surface area contributed by atoms with Gasteiger partial charge < -0.3 is 9.84 Å². The van der Waals surface area contributed by atoms with Crippen molar-refractivity contribution in [2.45, 2.75) is 20.3 Å². The second-order valence-electron chi connectivity index (χ2n) is 3.58. The van der Waals surface area contributed by atoms with Gasteiger partial charge in [0.25, 0.3) is 0 Å². The Morgan fingerprint density at radius 3 is 2.43 bits per heavy atom. The Balaban J connectivity index is 2.41. The zero-order chi connectivity index (χ0) is 10.4. The number of hydrogen-bond donors (Lipinski definition) is 1. The van der Waals surface area contributed by atoms with E-state index in [1.54, 1.807) is 0 Å². The van der Waals surface area contributed by atoms with Gasteiger partial charge in [-0.05, 0) is 25.5 Å². The first-order valence-electron chi connectivity index (χ1n) is 5.06.